The molecule has 0 aromatic heterocycles. The molecule has 4 saturated carbocycles. The number of piperazine rings is 1. The molecule has 32 heavy (non-hydrogen) atoms. The summed E-state index contributed by atoms with van der Waals surface area (Å²) in [7, 11) is 1.72. The molecule has 1 saturated heterocycles. The molecule has 4 aliphatic carbocycles. The van der Waals surface area contributed by atoms with E-state index in [4.69, 9.17) is 14.2 Å². The minimum Gasteiger partial charge on any atom is -0.495 e. The van der Waals surface area contributed by atoms with Gasteiger partial charge in [0.1, 0.15) is 5.75 Å². The number of aliphatic hydroxyl groups is 1. The van der Waals surface area contributed by atoms with Gasteiger partial charge in [0, 0.05) is 32.7 Å². The van der Waals surface area contributed by atoms with Crippen molar-refractivity contribution >= 4 is 5.69 Å². The van der Waals surface area contributed by atoms with Crippen LogP contribution in [0, 0.1) is 17.8 Å². The molecule has 0 radical (unpaired) electrons. The van der Waals surface area contributed by atoms with Crippen LogP contribution in [0.1, 0.15) is 38.5 Å². The molecule has 0 amide bonds. The molecule has 1 aliphatic heterocycles. The van der Waals surface area contributed by atoms with Gasteiger partial charge in [0.2, 0.25) is 0 Å². The second-order valence-corrected chi connectivity index (χ2v) is 10.6. The average Bonchev–Trinajstić information content (AvgIpc) is 2.78. The molecule has 5 fully saturated rings. The highest BCUT2D eigenvalue weighted by atomic mass is 16.5. The van der Waals surface area contributed by atoms with Gasteiger partial charge in [0.15, 0.2) is 0 Å². The summed E-state index contributed by atoms with van der Waals surface area (Å²) in [6.45, 7) is 6.04. The van der Waals surface area contributed by atoms with Gasteiger partial charge in [0.25, 0.3) is 0 Å². The SMILES string of the molecule is COc1ccccc1N1CCN(CC(O)COCCOC23CC4CC(CC(C4)C2)C3)CC1. The van der Waals surface area contributed by atoms with Crippen LogP contribution in [0.4, 0.5) is 5.69 Å². The maximum atomic E-state index is 10.5. The Bertz CT molecular complexity index is 714. The fourth-order valence-corrected chi connectivity index (χ4v) is 7.16. The summed E-state index contributed by atoms with van der Waals surface area (Å²) in [4.78, 5) is 4.69. The van der Waals surface area contributed by atoms with Crippen molar-refractivity contribution in [1.82, 2.24) is 4.90 Å². The Morgan fingerprint density at radius 2 is 1.62 bits per heavy atom. The lowest BCUT2D eigenvalue weighted by Crippen LogP contribution is -2.52. The molecule has 4 bridgehead atoms. The third-order valence-corrected chi connectivity index (χ3v) is 8.20. The second-order valence-electron chi connectivity index (χ2n) is 10.6. The van der Waals surface area contributed by atoms with Crippen LogP contribution in [0.2, 0.25) is 0 Å². The summed E-state index contributed by atoms with van der Waals surface area (Å²) in [5, 5.41) is 10.5. The lowest BCUT2D eigenvalue weighted by atomic mass is 9.54. The van der Waals surface area contributed by atoms with Gasteiger partial charge in [-0.2, -0.15) is 0 Å². The van der Waals surface area contributed by atoms with Crippen LogP contribution in [-0.2, 0) is 9.47 Å². The molecule has 1 aromatic rings. The van der Waals surface area contributed by atoms with E-state index in [0.717, 1.165) is 55.4 Å². The number of methoxy groups -OCH3 is 1. The number of aliphatic hydroxyl groups excluding tert-OH is 1. The minimum atomic E-state index is -0.452. The van der Waals surface area contributed by atoms with Crippen molar-refractivity contribution in [3.63, 3.8) is 0 Å². The molecular formula is C26H40N2O4. The predicted octanol–water partition coefficient (Wildman–Crippen LogP) is 3.18. The lowest BCUT2D eigenvalue weighted by Gasteiger charge is -2.56. The van der Waals surface area contributed by atoms with E-state index in [9.17, 15) is 5.11 Å². The number of hydrogen-bond acceptors (Lipinski definition) is 6. The number of rotatable bonds is 10. The average molecular weight is 445 g/mol. The molecule has 6 rings (SSSR count). The van der Waals surface area contributed by atoms with Crippen molar-refractivity contribution in [3.05, 3.63) is 24.3 Å². The zero-order valence-electron chi connectivity index (χ0n) is 19.6. The molecule has 1 heterocycles. The maximum absolute atomic E-state index is 10.5. The standard InChI is InChI=1S/C26H40N2O4/c1-30-25-5-3-2-4-24(25)28-8-6-27(7-9-28)18-23(29)19-31-10-11-32-26-15-20-12-21(16-26)14-22(13-20)17-26/h2-5,20-23,29H,6-19H2,1H3. The summed E-state index contributed by atoms with van der Waals surface area (Å²) >= 11 is 0. The van der Waals surface area contributed by atoms with Gasteiger partial charge in [-0.3, -0.25) is 4.90 Å². The van der Waals surface area contributed by atoms with E-state index in [2.05, 4.69) is 21.9 Å². The van der Waals surface area contributed by atoms with Crippen molar-refractivity contribution in [2.75, 3.05) is 64.6 Å². The first-order chi connectivity index (χ1) is 15.6. The fraction of sp³-hybridized carbons (Fsp3) is 0.769. The van der Waals surface area contributed by atoms with Gasteiger partial charge >= 0.3 is 0 Å². The van der Waals surface area contributed by atoms with Crippen LogP contribution in [0.15, 0.2) is 24.3 Å². The summed E-state index contributed by atoms with van der Waals surface area (Å²) in [6.07, 6.45) is 7.68. The second kappa shape index (κ2) is 9.88. The number of hydrogen-bond donors (Lipinski definition) is 1. The molecule has 5 aliphatic rings. The third-order valence-electron chi connectivity index (χ3n) is 8.20. The Morgan fingerprint density at radius 3 is 2.28 bits per heavy atom. The van der Waals surface area contributed by atoms with Gasteiger partial charge in [-0.05, 0) is 68.4 Å². The number of nitrogens with zero attached hydrogens (tertiary/aromatic N) is 2. The number of ether oxygens (including phenoxy) is 3. The highest BCUT2D eigenvalue weighted by Crippen LogP contribution is 2.57. The van der Waals surface area contributed by atoms with E-state index in [1.807, 2.05) is 12.1 Å². The first-order valence-corrected chi connectivity index (χ1v) is 12.6. The largest absolute Gasteiger partial charge is 0.495 e. The van der Waals surface area contributed by atoms with Crippen LogP contribution < -0.4 is 9.64 Å². The van der Waals surface area contributed by atoms with Gasteiger partial charge in [-0.25, -0.2) is 0 Å². The van der Waals surface area contributed by atoms with Crippen molar-refractivity contribution in [3.8, 4) is 5.75 Å². The van der Waals surface area contributed by atoms with E-state index in [1.54, 1.807) is 7.11 Å². The number of anilines is 1. The van der Waals surface area contributed by atoms with E-state index < -0.39 is 6.10 Å². The number of para-hydroxylation sites is 2. The Labute approximate surface area is 192 Å². The van der Waals surface area contributed by atoms with Crippen LogP contribution in [0.3, 0.4) is 0 Å². The molecule has 1 atom stereocenters. The Kier molecular flexibility index (Phi) is 6.93. The van der Waals surface area contributed by atoms with E-state index >= 15 is 0 Å². The summed E-state index contributed by atoms with van der Waals surface area (Å²) in [5.41, 5.74) is 1.30. The first-order valence-electron chi connectivity index (χ1n) is 12.6. The van der Waals surface area contributed by atoms with Crippen LogP contribution in [0.25, 0.3) is 0 Å². The Hall–Kier alpha value is -1.34. The lowest BCUT2D eigenvalue weighted by molar-refractivity contribution is -0.170. The molecular weight excluding hydrogens is 404 g/mol. The van der Waals surface area contributed by atoms with E-state index in [1.165, 1.54) is 38.5 Å². The molecule has 1 aromatic carbocycles. The quantitative estimate of drug-likeness (QED) is 0.560. The van der Waals surface area contributed by atoms with E-state index in [-0.39, 0.29) is 5.60 Å². The monoisotopic (exact) mass is 444 g/mol. The number of β-amino-alcohol motifs (C(OH)–C–C–N with tert-alkyl or cyclic N) is 1. The number of benzene rings is 1. The zero-order chi connectivity index (χ0) is 22.0. The summed E-state index contributed by atoms with van der Waals surface area (Å²) in [6, 6.07) is 8.18. The van der Waals surface area contributed by atoms with E-state index in [0.29, 0.717) is 26.4 Å². The first kappa shape index (κ1) is 22.5. The maximum Gasteiger partial charge on any atom is 0.142 e. The van der Waals surface area contributed by atoms with Crippen molar-refractivity contribution < 1.29 is 19.3 Å². The highest BCUT2D eigenvalue weighted by Gasteiger charge is 2.51. The fourth-order valence-electron chi connectivity index (χ4n) is 7.16. The highest BCUT2D eigenvalue weighted by molar-refractivity contribution is 5.58. The molecule has 1 unspecified atom stereocenters. The van der Waals surface area contributed by atoms with Gasteiger partial charge in [-0.1, -0.05) is 12.1 Å². The Balaban J connectivity index is 0.974. The van der Waals surface area contributed by atoms with Crippen LogP contribution in [-0.4, -0.2) is 81.4 Å². The predicted molar refractivity (Wildman–Crippen MR) is 125 cm³/mol. The summed E-state index contributed by atoms with van der Waals surface area (Å²) < 4.78 is 17.7. The molecule has 1 N–H and O–H groups in total. The van der Waals surface area contributed by atoms with Gasteiger partial charge in [0.05, 0.1) is 44.3 Å². The van der Waals surface area contributed by atoms with Crippen LogP contribution in [0.5, 0.6) is 5.75 Å². The molecule has 178 valence electrons. The van der Waals surface area contributed by atoms with Crippen LogP contribution >= 0.6 is 0 Å². The topological polar surface area (TPSA) is 54.4 Å². The Morgan fingerprint density at radius 1 is 0.969 bits per heavy atom. The zero-order valence-corrected chi connectivity index (χ0v) is 19.6. The van der Waals surface area contributed by atoms with Crippen molar-refractivity contribution in [1.29, 1.82) is 0 Å². The molecule has 0 spiro atoms. The minimum absolute atomic E-state index is 0.151. The van der Waals surface area contributed by atoms with Gasteiger partial charge in [-0.15, -0.1) is 0 Å². The molecule has 6 nitrogen and oxygen atoms in total. The van der Waals surface area contributed by atoms with Crippen molar-refractivity contribution in [2.24, 2.45) is 17.8 Å². The smallest absolute Gasteiger partial charge is 0.142 e. The normalized spacial score (nSPS) is 32.9. The summed E-state index contributed by atoms with van der Waals surface area (Å²) in [5.74, 6) is 3.65. The van der Waals surface area contributed by atoms with Crippen molar-refractivity contribution in [2.45, 2.75) is 50.2 Å². The van der Waals surface area contributed by atoms with Gasteiger partial charge < -0.3 is 24.2 Å². The third kappa shape index (κ3) is 5.09. The molecule has 6 heteroatoms.